The van der Waals surface area contributed by atoms with Gasteiger partial charge in [-0.05, 0) is 38.0 Å². The number of hydrogen-bond donors (Lipinski definition) is 0. The molecule has 0 unspecified atom stereocenters. The topological polar surface area (TPSA) is 74.8 Å². The predicted octanol–water partition coefficient (Wildman–Crippen LogP) is 4.49. The fraction of sp³-hybridized carbons (Fsp3) is 0.250. The molecule has 0 N–H and O–H groups in total. The number of allylic oxidation sites excluding steroid dienone is 2. The lowest BCUT2D eigenvalue weighted by molar-refractivity contribution is -0.154. The van der Waals surface area contributed by atoms with Crippen LogP contribution >= 0.6 is 23.2 Å². The monoisotopic (exact) mass is 470 g/mol. The number of hydrazine groups is 1. The summed E-state index contributed by atoms with van der Waals surface area (Å²) in [5.74, 6) is -3.19. The number of benzene rings is 2. The SMILES string of the molecule is Cc1ccc(C(=O)CN(C(=O)c2ccc(Cl)cc2Cl)N2C(=O)[C@H]3CC=CC[C@H]3C2=O)cc1. The number of rotatable bonds is 5. The number of Topliss-reactive ketones (excluding diaryl/α,β-unsaturated/α-hetero) is 1. The lowest BCUT2D eigenvalue weighted by atomic mass is 9.85. The first-order valence-corrected chi connectivity index (χ1v) is 10.9. The van der Waals surface area contributed by atoms with Crippen molar-refractivity contribution in [2.75, 3.05) is 6.54 Å². The largest absolute Gasteiger partial charge is 0.292 e. The molecule has 32 heavy (non-hydrogen) atoms. The van der Waals surface area contributed by atoms with Crippen LogP contribution < -0.4 is 0 Å². The van der Waals surface area contributed by atoms with Crippen molar-refractivity contribution in [2.45, 2.75) is 19.8 Å². The molecule has 164 valence electrons. The minimum atomic E-state index is -0.722. The Morgan fingerprint density at radius 2 is 1.56 bits per heavy atom. The van der Waals surface area contributed by atoms with Crippen LogP contribution in [0.4, 0.5) is 0 Å². The van der Waals surface area contributed by atoms with Crippen LogP contribution in [-0.2, 0) is 9.59 Å². The van der Waals surface area contributed by atoms with Crippen LogP contribution in [-0.4, -0.2) is 40.1 Å². The molecule has 1 aliphatic heterocycles. The van der Waals surface area contributed by atoms with E-state index < -0.39 is 41.9 Å². The third-order valence-corrected chi connectivity index (χ3v) is 6.34. The third kappa shape index (κ3) is 4.08. The molecule has 6 nitrogen and oxygen atoms in total. The highest BCUT2D eigenvalue weighted by Crippen LogP contribution is 2.36. The molecule has 1 saturated heterocycles. The van der Waals surface area contributed by atoms with Crippen molar-refractivity contribution in [3.8, 4) is 0 Å². The molecule has 2 aromatic rings. The van der Waals surface area contributed by atoms with Gasteiger partial charge in [-0.15, -0.1) is 0 Å². The van der Waals surface area contributed by atoms with Gasteiger partial charge in [0.15, 0.2) is 5.78 Å². The molecule has 0 saturated carbocycles. The van der Waals surface area contributed by atoms with Crippen molar-refractivity contribution >= 4 is 46.7 Å². The number of ketones is 1. The number of halogens is 2. The van der Waals surface area contributed by atoms with Gasteiger partial charge < -0.3 is 0 Å². The van der Waals surface area contributed by atoms with E-state index in [1.807, 2.05) is 19.1 Å². The minimum Gasteiger partial charge on any atom is -0.292 e. The number of fused-ring (bicyclic) bond motifs is 1. The zero-order valence-electron chi connectivity index (χ0n) is 17.3. The highest BCUT2D eigenvalue weighted by molar-refractivity contribution is 6.36. The molecule has 4 rings (SSSR count). The Balaban J connectivity index is 1.71. The molecule has 3 amide bonds. The van der Waals surface area contributed by atoms with Gasteiger partial charge in [0, 0.05) is 10.6 Å². The van der Waals surface area contributed by atoms with Crippen molar-refractivity contribution in [3.63, 3.8) is 0 Å². The number of carbonyl (C=O) groups excluding carboxylic acids is 4. The molecule has 1 heterocycles. The number of nitrogens with zero attached hydrogens (tertiary/aromatic N) is 2. The standard InChI is InChI=1S/C24H20Cl2N2O4/c1-14-6-8-15(9-7-14)21(29)13-27(22(30)19-11-10-16(25)12-20(19)26)28-23(31)17-4-2-3-5-18(17)24(28)32/h2-3,6-12,17-18H,4-5,13H2,1H3/t17-,18+. The molecule has 2 aromatic carbocycles. The van der Waals surface area contributed by atoms with E-state index in [-0.39, 0.29) is 10.6 Å². The summed E-state index contributed by atoms with van der Waals surface area (Å²) in [7, 11) is 0. The molecule has 8 heteroatoms. The molecular formula is C24H20Cl2N2O4. The summed E-state index contributed by atoms with van der Waals surface area (Å²) in [5.41, 5.74) is 1.39. The molecular weight excluding hydrogens is 451 g/mol. The number of imide groups is 1. The van der Waals surface area contributed by atoms with Crippen molar-refractivity contribution in [2.24, 2.45) is 11.8 Å². The zero-order chi connectivity index (χ0) is 23.0. The van der Waals surface area contributed by atoms with Crippen molar-refractivity contribution in [1.29, 1.82) is 0 Å². The van der Waals surface area contributed by atoms with E-state index in [9.17, 15) is 19.2 Å². The van der Waals surface area contributed by atoms with Crippen LogP contribution in [0.25, 0.3) is 0 Å². The Hall–Kier alpha value is -2.96. The smallest absolute Gasteiger partial charge is 0.274 e. The lowest BCUT2D eigenvalue weighted by Gasteiger charge is -2.30. The van der Waals surface area contributed by atoms with Crippen LogP contribution in [0, 0.1) is 18.8 Å². The molecule has 1 fully saturated rings. The zero-order valence-corrected chi connectivity index (χ0v) is 18.8. The number of amides is 3. The summed E-state index contributed by atoms with van der Waals surface area (Å²) in [6.07, 6.45) is 4.55. The maximum absolute atomic E-state index is 13.5. The minimum absolute atomic E-state index is 0.0429. The molecule has 0 spiro atoms. The molecule has 2 atom stereocenters. The highest BCUT2D eigenvalue weighted by atomic mass is 35.5. The average Bonchev–Trinajstić information content (AvgIpc) is 3.02. The van der Waals surface area contributed by atoms with Gasteiger partial charge in [0.2, 0.25) is 0 Å². The highest BCUT2D eigenvalue weighted by Gasteiger charge is 2.51. The Bertz CT molecular complexity index is 1120. The quantitative estimate of drug-likeness (QED) is 0.366. The van der Waals surface area contributed by atoms with E-state index >= 15 is 0 Å². The molecule has 0 aromatic heterocycles. The van der Waals surface area contributed by atoms with Gasteiger partial charge in [-0.1, -0.05) is 65.2 Å². The number of aryl methyl sites for hydroxylation is 1. The van der Waals surface area contributed by atoms with Gasteiger partial charge in [-0.25, -0.2) is 5.01 Å². The first kappa shape index (κ1) is 22.2. The van der Waals surface area contributed by atoms with Crippen LogP contribution in [0.2, 0.25) is 10.0 Å². The van der Waals surface area contributed by atoms with Gasteiger partial charge in [0.25, 0.3) is 17.7 Å². The second-order valence-corrected chi connectivity index (χ2v) is 8.76. The predicted molar refractivity (Wildman–Crippen MR) is 120 cm³/mol. The Morgan fingerprint density at radius 1 is 0.969 bits per heavy atom. The summed E-state index contributed by atoms with van der Waals surface area (Å²) in [4.78, 5) is 52.8. The van der Waals surface area contributed by atoms with Crippen molar-refractivity contribution < 1.29 is 19.2 Å². The second kappa shape index (κ2) is 8.88. The first-order chi connectivity index (χ1) is 15.3. The van der Waals surface area contributed by atoms with E-state index in [1.54, 1.807) is 24.3 Å². The van der Waals surface area contributed by atoms with Crippen LogP contribution in [0.5, 0.6) is 0 Å². The fourth-order valence-electron chi connectivity index (χ4n) is 4.02. The van der Waals surface area contributed by atoms with E-state index in [0.717, 1.165) is 15.6 Å². The van der Waals surface area contributed by atoms with E-state index in [2.05, 4.69) is 0 Å². The summed E-state index contributed by atoms with van der Waals surface area (Å²) in [6.45, 7) is 1.41. The second-order valence-electron chi connectivity index (χ2n) is 7.92. The summed E-state index contributed by atoms with van der Waals surface area (Å²) in [5, 5.41) is 2.15. The van der Waals surface area contributed by atoms with E-state index in [0.29, 0.717) is 23.4 Å². The van der Waals surface area contributed by atoms with Gasteiger partial charge in [-0.3, -0.25) is 19.2 Å². The Morgan fingerprint density at radius 3 is 2.12 bits per heavy atom. The molecule has 0 bridgehead atoms. The van der Waals surface area contributed by atoms with Crippen molar-refractivity contribution in [1.82, 2.24) is 10.0 Å². The third-order valence-electron chi connectivity index (χ3n) is 5.79. The summed E-state index contributed by atoms with van der Waals surface area (Å²) < 4.78 is 0. The maximum atomic E-state index is 13.5. The summed E-state index contributed by atoms with van der Waals surface area (Å²) in [6, 6.07) is 11.1. The van der Waals surface area contributed by atoms with Crippen LogP contribution in [0.1, 0.15) is 39.1 Å². The number of hydrogen-bond acceptors (Lipinski definition) is 4. The van der Waals surface area contributed by atoms with E-state index in [1.165, 1.54) is 18.2 Å². The van der Waals surface area contributed by atoms with Crippen LogP contribution in [0.3, 0.4) is 0 Å². The Kier molecular flexibility index (Phi) is 6.17. The van der Waals surface area contributed by atoms with Gasteiger partial charge in [0.1, 0.15) is 6.54 Å². The Labute approximate surface area is 195 Å². The average molecular weight is 471 g/mol. The maximum Gasteiger partial charge on any atom is 0.274 e. The fourth-order valence-corrected chi connectivity index (χ4v) is 4.51. The normalized spacial score (nSPS) is 19.8. The number of carbonyl (C=O) groups is 4. The van der Waals surface area contributed by atoms with Gasteiger partial charge in [0.05, 0.1) is 22.4 Å². The lowest BCUT2D eigenvalue weighted by Crippen LogP contribution is -2.52. The summed E-state index contributed by atoms with van der Waals surface area (Å²) >= 11 is 12.2. The molecule has 0 radical (unpaired) electrons. The first-order valence-electron chi connectivity index (χ1n) is 10.2. The molecule has 1 aliphatic carbocycles. The van der Waals surface area contributed by atoms with Crippen LogP contribution in [0.15, 0.2) is 54.6 Å². The van der Waals surface area contributed by atoms with Crippen molar-refractivity contribution in [3.05, 3.63) is 81.4 Å². The van der Waals surface area contributed by atoms with Gasteiger partial charge in [-0.2, -0.15) is 5.01 Å². The van der Waals surface area contributed by atoms with E-state index in [4.69, 9.17) is 23.2 Å². The molecule has 2 aliphatic rings. The van der Waals surface area contributed by atoms with Gasteiger partial charge >= 0.3 is 0 Å².